The van der Waals surface area contributed by atoms with Gasteiger partial charge in [0.25, 0.3) is 0 Å². The highest BCUT2D eigenvalue weighted by Gasteiger charge is 2.55. The van der Waals surface area contributed by atoms with Crippen molar-refractivity contribution in [1.82, 2.24) is 15.1 Å². The van der Waals surface area contributed by atoms with Gasteiger partial charge in [0.1, 0.15) is 0 Å². The number of hydrogen-bond acceptors (Lipinski definition) is 3. The summed E-state index contributed by atoms with van der Waals surface area (Å²) in [6.07, 6.45) is 3.59. The number of urea groups is 1. The molecular weight excluding hydrogens is 354 g/mol. The van der Waals surface area contributed by atoms with Gasteiger partial charge in [0.2, 0.25) is 0 Å². The number of carboxylic acids is 1. The number of fused-ring (bicyclic) bond motifs is 2. The lowest BCUT2D eigenvalue weighted by Gasteiger charge is -2.42. The third-order valence-electron chi connectivity index (χ3n) is 7.24. The molecule has 1 aromatic rings. The molecule has 6 heteroatoms. The monoisotopic (exact) mass is 385 g/mol. The van der Waals surface area contributed by atoms with Gasteiger partial charge < -0.3 is 15.3 Å². The van der Waals surface area contributed by atoms with E-state index in [4.69, 9.17) is 0 Å². The number of carbonyl (C=O) groups excluding carboxylic acids is 1. The second-order valence-electron chi connectivity index (χ2n) is 9.34. The standard InChI is InChI=1S/C22H31N3O3/c1-21(2,25-11-9-16-6-3-4-7-17(16)12-25)14-23-20(28)24-13-18-8-5-10-22(18,15-24)19(26)27/h3-4,6-7,18H,5,8-15H2,1-2H3,(H,23,28)(H,26,27)/t18-,22+/m0/s1. The van der Waals surface area contributed by atoms with Crippen LogP contribution in [-0.4, -0.2) is 58.6 Å². The zero-order valence-corrected chi connectivity index (χ0v) is 16.9. The van der Waals surface area contributed by atoms with Crippen LogP contribution in [0.25, 0.3) is 0 Å². The molecule has 28 heavy (non-hydrogen) atoms. The van der Waals surface area contributed by atoms with Crippen molar-refractivity contribution in [1.29, 1.82) is 0 Å². The third kappa shape index (κ3) is 3.28. The number of rotatable bonds is 4. The van der Waals surface area contributed by atoms with Gasteiger partial charge in [0, 0.05) is 38.3 Å². The summed E-state index contributed by atoms with van der Waals surface area (Å²) in [5.74, 6) is -0.639. The molecule has 2 heterocycles. The Balaban J connectivity index is 1.35. The Hall–Kier alpha value is -2.08. The van der Waals surface area contributed by atoms with Gasteiger partial charge in [-0.25, -0.2) is 4.79 Å². The third-order valence-corrected chi connectivity index (χ3v) is 7.24. The molecule has 6 nitrogen and oxygen atoms in total. The van der Waals surface area contributed by atoms with Crippen LogP contribution in [0.1, 0.15) is 44.2 Å². The summed E-state index contributed by atoms with van der Waals surface area (Å²) in [5, 5.41) is 12.8. The Kier molecular flexibility index (Phi) is 4.86. The van der Waals surface area contributed by atoms with Gasteiger partial charge in [-0.15, -0.1) is 0 Å². The topological polar surface area (TPSA) is 72.9 Å². The Labute approximate surface area is 166 Å². The number of benzene rings is 1. The van der Waals surface area contributed by atoms with Crippen molar-refractivity contribution in [2.24, 2.45) is 11.3 Å². The Morgan fingerprint density at radius 2 is 2.04 bits per heavy atom. The minimum Gasteiger partial charge on any atom is -0.481 e. The van der Waals surface area contributed by atoms with Crippen LogP contribution in [0.4, 0.5) is 4.79 Å². The maximum atomic E-state index is 12.8. The van der Waals surface area contributed by atoms with E-state index in [2.05, 4.69) is 48.3 Å². The van der Waals surface area contributed by atoms with Crippen LogP contribution in [-0.2, 0) is 17.8 Å². The Morgan fingerprint density at radius 3 is 2.75 bits per heavy atom. The van der Waals surface area contributed by atoms with Crippen LogP contribution in [0.15, 0.2) is 24.3 Å². The SMILES string of the molecule is CC(C)(CNC(=O)N1C[C@@H]2CCC[C@@]2(C(=O)O)C1)N1CCc2ccccc2C1. The molecule has 4 rings (SSSR count). The normalized spacial score (nSPS) is 27.4. The van der Waals surface area contributed by atoms with Crippen LogP contribution >= 0.6 is 0 Å². The number of aliphatic carboxylic acids is 1. The lowest BCUT2D eigenvalue weighted by Crippen LogP contribution is -2.54. The number of likely N-dealkylation sites (tertiary alicyclic amines) is 1. The molecule has 2 N–H and O–H groups in total. The summed E-state index contributed by atoms with van der Waals surface area (Å²) >= 11 is 0. The van der Waals surface area contributed by atoms with E-state index in [1.54, 1.807) is 4.90 Å². The Bertz CT molecular complexity index is 778. The predicted molar refractivity (Wildman–Crippen MR) is 107 cm³/mol. The number of amides is 2. The fraction of sp³-hybridized carbons (Fsp3) is 0.636. The molecular formula is C22H31N3O3. The van der Waals surface area contributed by atoms with Gasteiger partial charge in [0.05, 0.1) is 5.41 Å². The molecule has 1 saturated heterocycles. The summed E-state index contributed by atoms with van der Waals surface area (Å²) in [6.45, 7) is 7.67. The number of nitrogens with one attached hydrogen (secondary N) is 1. The van der Waals surface area contributed by atoms with Crippen LogP contribution in [0.2, 0.25) is 0 Å². The van der Waals surface area contributed by atoms with Gasteiger partial charge >= 0.3 is 12.0 Å². The minimum atomic E-state index is -0.738. The first-order valence-electron chi connectivity index (χ1n) is 10.4. The first-order chi connectivity index (χ1) is 13.3. The van der Waals surface area contributed by atoms with E-state index in [0.717, 1.165) is 32.4 Å². The predicted octanol–water partition coefficient (Wildman–Crippen LogP) is 2.72. The van der Waals surface area contributed by atoms with Crippen molar-refractivity contribution in [3.63, 3.8) is 0 Å². The molecule has 2 atom stereocenters. The largest absolute Gasteiger partial charge is 0.481 e. The molecule has 3 aliphatic rings. The highest BCUT2D eigenvalue weighted by molar-refractivity contribution is 5.80. The van der Waals surface area contributed by atoms with E-state index in [9.17, 15) is 14.7 Å². The Morgan fingerprint density at radius 1 is 1.29 bits per heavy atom. The highest BCUT2D eigenvalue weighted by Crippen LogP contribution is 2.48. The zero-order chi connectivity index (χ0) is 19.9. The van der Waals surface area contributed by atoms with Crippen LogP contribution in [0, 0.1) is 11.3 Å². The molecule has 0 spiro atoms. The summed E-state index contributed by atoms with van der Waals surface area (Å²) < 4.78 is 0. The van der Waals surface area contributed by atoms with Gasteiger partial charge in [-0.1, -0.05) is 30.7 Å². The fourth-order valence-electron chi connectivity index (χ4n) is 5.32. The number of carbonyl (C=O) groups is 2. The second-order valence-corrected chi connectivity index (χ2v) is 9.34. The summed E-state index contributed by atoms with van der Waals surface area (Å²) in [7, 11) is 0. The van der Waals surface area contributed by atoms with Crippen molar-refractivity contribution in [2.45, 2.75) is 51.6 Å². The van der Waals surface area contributed by atoms with Gasteiger partial charge in [-0.2, -0.15) is 0 Å². The summed E-state index contributed by atoms with van der Waals surface area (Å²) in [4.78, 5) is 28.8. The smallest absolute Gasteiger partial charge is 0.317 e. The molecule has 0 bridgehead atoms. The zero-order valence-electron chi connectivity index (χ0n) is 16.9. The number of carboxylic acid groups (broad SMARTS) is 1. The summed E-state index contributed by atoms with van der Waals surface area (Å²) in [5.41, 5.74) is 1.90. The van der Waals surface area contributed by atoms with Gasteiger partial charge in [-0.05, 0) is 50.2 Å². The molecule has 152 valence electrons. The molecule has 2 aliphatic heterocycles. The van der Waals surface area contributed by atoms with Crippen molar-refractivity contribution in [3.8, 4) is 0 Å². The average molecular weight is 386 g/mol. The van der Waals surface area contributed by atoms with E-state index < -0.39 is 11.4 Å². The highest BCUT2D eigenvalue weighted by atomic mass is 16.4. The van der Waals surface area contributed by atoms with Crippen LogP contribution in [0.3, 0.4) is 0 Å². The second kappa shape index (κ2) is 7.07. The summed E-state index contributed by atoms with van der Waals surface area (Å²) in [6, 6.07) is 8.43. The van der Waals surface area contributed by atoms with Crippen molar-refractivity contribution in [3.05, 3.63) is 35.4 Å². The lowest BCUT2D eigenvalue weighted by molar-refractivity contribution is -0.149. The van der Waals surface area contributed by atoms with Crippen molar-refractivity contribution < 1.29 is 14.7 Å². The molecule has 0 aromatic heterocycles. The first-order valence-corrected chi connectivity index (χ1v) is 10.4. The molecule has 0 unspecified atom stereocenters. The fourth-order valence-corrected chi connectivity index (χ4v) is 5.32. The molecule has 0 radical (unpaired) electrons. The van der Waals surface area contributed by atoms with E-state index >= 15 is 0 Å². The van der Waals surface area contributed by atoms with E-state index in [1.807, 2.05) is 0 Å². The molecule has 1 saturated carbocycles. The van der Waals surface area contributed by atoms with Crippen molar-refractivity contribution in [2.75, 3.05) is 26.2 Å². The maximum Gasteiger partial charge on any atom is 0.317 e. The van der Waals surface area contributed by atoms with E-state index in [0.29, 0.717) is 26.1 Å². The van der Waals surface area contributed by atoms with Crippen molar-refractivity contribution >= 4 is 12.0 Å². The maximum absolute atomic E-state index is 12.8. The van der Waals surface area contributed by atoms with E-state index in [-0.39, 0.29) is 17.5 Å². The van der Waals surface area contributed by atoms with Crippen LogP contribution < -0.4 is 5.32 Å². The lowest BCUT2D eigenvalue weighted by atomic mass is 9.81. The molecule has 1 aliphatic carbocycles. The molecule has 1 aromatic carbocycles. The van der Waals surface area contributed by atoms with E-state index in [1.165, 1.54) is 11.1 Å². The average Bonchev–Trinajstić information content (AvgIpc) is 3.24. The number of hydrogen-bond donors (Lipinski definition) is 2. The van der Waals surface area contributed by atoms with Crippen LogP contribution in [0.5, 0.6) is 0 Å². The van der Waals surface area contributed by atoms with Gasteiger partial charge in [-0.3, -0.25) is 9.69 Å². The quantitative estimate of drug-likeness (QED) is 0.836. The first kappa shape index (κ1) is 19.2. The number of nitrogens with zero attached hydrogens (tertiary/aromatic N) is 2. The van der Waals surface area contributed by atoms with Gasteiger partial charge in [0.15, 0.2) is 0 Å². The molecule has 2 amide bonds. The molecule has 2 fully saturated rings. The minimum absolute atomic E-state index is 0.0994.